The van der Waals surface area contributed by atoms with Crippen molar-refractivity contribution in [1.29, 1.82) is 0 Å². The molecule has 1 aromatic rings. The highest BCUT2D eigenvalue weighted by molar-refractivity contribution is 7.20. The van der Waals surface area contributed by atoms with Crippen LogP contribution in [0, 0.1) is 0 Å². The van der Waals surface area contributed by atoms with Gasteiger partial charge in [-0.2, -0.15) is 0 Å². The fourth-order valence-electron chi connectivity index (χ4n) is 0.666. The van der Waals surface area contributed by atoms with Crippen LogP contribution in [0.25, 0.3) is 0 Å². The quantitative estimate of drug-likeness (QED) is 0.754. The summed E-state index contributed by atoms with van der Waals surface area (Å²) < 4.78 is 5.01. The van der Waals surface area contributed by atoms with Crippen LogP contribution in [-0.4, -0.2) is 17.5 Å². The highest BCUT2D eigenvalue weighted by Crippen LogP contribution is 2.25. The third-order valence-corrected chi connectivity index (χ3v) is 2.22. The Balaban J connectivity index is 2.45. The van der Waals surface area contributed by atoms with Crippen molar-refractivity contribution in [3.63, 3.8) is 0 Å². The summed E-state index contributed by atoms with van der Waals surface area (Å²) in [5.41, 5.74) is 0. The van der Waals surface area contributed by atoms with Crippen LogP contribution in [0.4, 0.5) is 9.80 Å². The fraction of sp³-hybridized carbons (Fsp3) is 0.286. The molecule has 1 unspecified atom stereocenters. The topological polar surface area (TPSA) is 58.6 Å². The van der Waals surface area contributed by atoms with Crippen molar-refractivity contribution in [3.05, 3.63) is 16.5 Å². The first kappa shape index (κ1) is 10.3. The summed E-state index contributed by atoms with van der Waals surface area (Å²) in [4.78, 5) is 10.9. The van der Waals surface area contributed by atoms with E-state index in [-0.39, 0.29) is 0 Å². The molecule has 0 bridgehead atoms. The SMILES string of the molecule is CC(O)OC(=O)Nc1ccc(Cl)s1. The van der Waals surface area contributed by atoms with Crippen LogP contribution in [-0.2, 0) is 4.74 Å². The standard InChI is InChI=1S/C7H8ClNO3S/c1-4(10)12-7(11)9-6-3-2-5(8)13-6/h2-4,10H,1H3,(H,9,11). The fourth-order valence-corrected chi connectivity index (χ4v) is 1.60. The number of halogens is 1. The van der Waals surface area contributed by atoms with Crippen molar-refractivity contribution < 1.29 is 14.6 Å². The van der Waals surface area contributed by atoms with Gasteiger partial charge in [0.2, 0.25) is 0 Å². The molecule has 0 spiro atoms. The summed E-state index contributed by atoms with van der Waals surface area (Å²) >= 11 is 6.84. The van der Waals surface area contributed by atoms with E-state index in [2.05, 4.69) is 10.1 Å². The lowest BCUT2D eigenvalue weighted by Crippen LogP contribution is -2.18. The monoisotopic (exact) mass is 221 g/mol. The maximum absolute atomic E-state index is 10.9. The molecule has 0 aliphatic carbocycles. The Morgan fingerprint density at radius 3 is 2.92 bits per heavy atom. The van der Waals surface area contributed by atoms with Gasteiger partial charge < -0.3 is 9.84 Å². The van der Waals surface area contributed by atoms with Gasteiger partial charge in [-0.1, -0.05) is 11.6 Å². The van der Waals surface area contributed by atoms with Gasteiger partial charge in [-0.15, -0.1) is 11.3 Å². The van der Waals surface area contributed by atoms with Crippen molar-refractivity contribution in [2.45, 2.75) is 13.2 Å². The van der Waals surface area contributed by atoms with E-state index < -0.39 is 12.4 Å². The second-order valence-electron chi connectivity index (χ2n) is 2.23. The zero-order chi connectivity index (χ0) is 9.84. The van der Waals surface area contributed by atoms with Crippen molar-refractivity contribution in [2.75, 3.05) is 5.32 Å². The summed E-state index contributed by atoms with van der Waals surface area (Å²) in [6.07, 6.45) is -1.82. The molecule has 0 aromatic carbocycles. The van der Waals surface area contributed by atoms with Gasteiger partial charge in [0.25, 0.3) is 0 Å². The Morgan fingerprint density at radius 1 is 1.77 bits per heavy atom. The summed E-state index contributed by atoms with van der Waals surface area (Å²) in [6, 6.07) is 3.31. The Labute approximate surface area is 84.1 Å². The van der Waals surface area contributed by atoms with E-state index in [4.69, 9.17) is 16.7 Å². The lowest BCUT2D eigenvalue weighted by molar-refractivity contribution is -0.0314. The minimum Gasteiger partial charge on any atom is -0.420 e. The van der Waals surface area contributed by atoms with Gasteiger partial charge in [-0.25, -0.2) is 4.79 Å². The van der Waals surface area contributed by atoms with Crippen LogP contribution in [0.2, 0.25) is 4.34 Å². The Morgan fingerprint density at radius 2 is 2.46 bits per heavy atom. The summed E-state index contributed by atoms with van der Waals surface area (Å²) in [7, 11) is 0. The average molecular weight is 222 g/mol. The number of hydrogen-bond acceptors (Lipinski definition) is 4. The van der Waals surface area contributed by atoms with Crippen LogP contribution in [0.15, 0.2) is 12.1 Å². The molecule has 0 radical (unpaired) electrons. The molecule has 1 rings (SSSR count). The van der Waals surface area contributed by atoms with Gasteiger partial charge in [0.15, 0.2) is 6.29 Å². The molecule has 0 aliphatic heterocycles. The zero-order valence-corrected chi connectivity index (χ0v) is 8.35. The molecule has 2 N–H and O–H groups in total. The number of thiophene rings is 1. The van der Waals surface area contributed by atoms with Crippen molar-refractivity contribution in [3.8, 4) is 0 Å². The van der Waals surface area contributed by atoms with Crippen LogP contribution in [0.3, 0.4) is 0 Å². The Bertz CT molecular complexity index is 300. The number of anilines is 1. The van der Waals surface area contributed by atoms with Gasteiger partial charge in [-0.05, 0) is 19.1 Å². The third-order valence-electron chi connectivity index (χ3n) is 1.08. The summed E-state index contributed by atoms with van der Waals surface area (Å²) in [5, 5.41) is 11.7. The largest absolute Gasteiger partial charge is 0.420 e. The average Bonchev–Trinajstić information content (AvgIpc) is 2.33. The third kappa shape index (κ3) is 3.63. The van der Waals surface area contributed by atoms with E-state index in [1.807, 2.05) is 0 Å². The molecule has 6 heteroatoms. The number of carbonyl (C=O) groups excluding carboxylic acids is 1. The minimum absolute atomic E-state index is 0.576. The van der Waals surface area contributed by atoms with Crippen LogP contribution in [0.5, 0.6) is 0 Å². The molecule has 13 heavy (non-hydrogen) atoms. The summed E-state index contributed by atoms with van der Waals surface area (Å²) in [5.74, 6) is 0. The molecule has 1 atom stereocenters. The molecule has 0 saturated heterocycles. The van der Waals surface area contributed by atoms with Crippen molar-refractivity contribution >= 4 is 34.0 Å². The molecular formula is C7H8ClNO3S. The highest BCUT2D eigenvalue weighted by atomic mass is 35.5. The molecule has 4 nitrogen and oxygen atoms in total. The number of rotatable bonds is 2. The first-order valence-corrected chi connectivity index (χ1v) is 4.68. The van der Waals surface area contributed by atoms with Crippen LogP contribution >= 0.6 is 22.9 Å². The van der Waals surface area contributed by atoms with E-state index in [1.165, 1.54) is 18.3 Å². The molecular weight excluding hydrogens is 214 g/mol. The van der Waals surface area contributed by atoms with E-state index >= 15 is 0 Å². The Kier molecular flexibility index (Phi) is 3.53. The van der Waals surface area contributed by atoms with Gasteiger partial charge in [-0.3, -0.25) is 5.32 Å². The molecule has 0 fully saturated rings. The summed E-state index contributed by atoms with van der Waals surface area (Å²) in [6.45, 7) is 1.35. The molecule has 1 aromatic heterocycles. The van der Waals surface area contributed by atoms with Crippen molar-refractivity contribution in [1.82, 2.24) is 0 Å². The van der Waals surface area contributed by atoms with E-state index in [0.29, 0.717) is 9.34 Å². The molecule has 72 valence electrons. The first-order valence-electron chi connectivity index (χ1n) is 3.49. The first-order chi connectivity index (χ1) is 6.08. The van der Waals surface area contributed by atoms with Crippen molar-refractivity contribution in [2.24, 2.45) is 0 Å². The molecule has 0 aliphatic rings. The van der Waals surface area contributed by atoms with E-state index in [0.717, 1.165) is 0 Å². The van der Waals surface area contributed by atoms with Gasteiger partial charge in [0.05, 0.1) is 9.34 Å². The minimum atomic E-state index is -1.12. The molecule has 0 saturated carbocycles. The number of carbonyl (C=O) groups is 1. The number of nitrogens with one attached hydrogen (secondary N) is 1. The maximum atomic E-state index is 10.9. The van der Waals surface area contributed by atoms with E-state index in [1.54, 1.807) is 12.1 Å². The van der Waals surface area contributed by atoms with Crippen LogP contribution in [0.1, 0.15) is 6.92 Å². The van der Waals surface area contributed by atoms with Crippen LogP contribution < -0.4 is 5.32 Å². The number of aliphatic hydroxyl groups is 1. The lowest BCUT2D eigenvalue weighted by atomic mass is 10.6. The predicted octanol–water partition coefficient (Wildman–Crippen LogP) is 2.29. The highest BCUT2D eigenvalue weighted by Gasteiger charge is 2.07. The maximum Gasteiger partial charge on any atom is 0.414 e. The number of aliphatic hydroxyl groups excluding tert-OH is 1. The molecule has 1 heterocycles. The predicted molar refractivity (Wildman–Crippen MR) is 51.1 cm³/mol. The normalized spacial score (nSPS) is 12.2. The number of hydrogen-bond donors (Lipinski definition) is 2. The lowest BCUT2D eigenvalue weighted by Gasteiger charge is -2.06. The molecule has 1 amide bonds. The second kappa shape index (κ2) is 4.45. The van der Waals surface area contributed by atoms with Gasteiger partial charge in [0, 0.05) is 0 Å². The van der Waals surface area contributed by atoms with Gasteiger partial charge in [0.1, 0.15) is 0 Å². The smallest absolute Gasteiger partial charge is 0.414 e. The van der Waals surface area contributed by atoms with E-state index in [9.17, 15) is 4.79 Å². The second-order valence-corrected chi connectivity index (χ2v) is 3.95. The van der Waals surface area contributed by atoms with Gasteiger partial charge >= 0.3 is 6.09 Å². The Hall–Kier alpha value is -0.780. The number of ether oxygens (including phenoxy) is 1. The number of amides is 1. The zero-order valence-electron chi connectivity index (χ0n) is 6.78.